The van der Waals surface area contributed by atoms with E-state index in [2.05, 4.69) is 13.8 Å². The molecule has 0 bridgehead atoms. The summed E-state index contributed by atoms with van der Waals surface area (Å²) in [5, 5.41) is 9.52. The Kier molecular flexibility index (Phi) is 4.13. The summed E-state index contributed by atoms with van der Waals surface area (Å²) in [5.41, 5.74) is 0.885. The summed E-state index contributed by atoms with van der Waals surface area (Å²) in [4.78, 5) is 14.6. The third kappa shape index (κ3) is 2.91. The average Bonchev–Trinajstić information content (AvgIpc) is 2.40. The maximum absolute atomic E-state index is 12.6. The molecule has 3 unspecified atom stereocenters. The van der Waals surface area contributed by atoms with Crippen molar-refractivity contribution in [2.24, 2.45) is 5.92 Å². The number of likely N-dealkylation sites (tertiary alicyclic amines) is 1. The van der Waals surface area contributed by atoms with E-state index in [1.807, 2.05) is 17.9 Å². The zero-order valence-corrected chi connectivity index (χ0v) is 12.0. The second kappa shape index (κ2) is 5.64. The van der Waals surface area contributed by atoms with Crippen LogP contribution in [0.4, 0.5) is 0 Å². The molecule has 0 saturated carbocycles. The zero-order chi connectivity index (χ0) is 14.0. The summed E-state index contributed by atoms with van der Waals surface area (Å²) in [6.45, 7) is 7.12. The predicted molar refractivity (Wildman–Crippen MR) is 76.1 cm³/mol. The number of piperidine rings is 1. The summed E-state index contributed by atoms with van der Waals surface area (Å²) >= 11 is 0. The van der Waals surface area contributed by atoms with Crippen molar-refractivity contribution < 1.29 is 9.90 Å². The molecule has 1 saturated heterocycles. The molecule has 3 heteroatoms. The van der Waals surface area contributed by atoms with Crippen LogP contribution in [0.2, 0.25) is 0 Å². The van der Waals surface area contributed by atoms with Crippen molar-refractivity contribution in [1.29, 1.82) is 0 Å². The van der Waals surface area contributed by atoms with Crippen LogP contribution < -0.4 is 0 Å². The highest BCUT2D eigenvalue weighted by molar-refractivity contribution is 5.83. The molecule has 3 atom stereocenters. The lowest BCUT2D eigenvalue weighted by Crippen LogP contribution is -2.47. The van der Waals surface area contributed by atoms with Gasteiger partial charge >= 0.3 is 0 Å². The lowest BCUT2D eigenvalue weighted by Gasteiger charge is -2.39. The van der Waals surface area contributed by atoms with Gasteiger partial charge in [0.2, 0.25) is 5.91 Å². The lowest BCUT2D eigenvalue weighted by atomic mass is 9.90. The Morgan fingerprint density at radius 2 is 2.16 bits per heavy atom. The summed E-state index contributed by atoms with van der Waals surface area (Å²) < 4.78 is 0. The standard InChI is InChI=1S/C16H23NO2/c1-11-6-5-9-17(13(11)3)16(19)12(2)14-7-4-8-15(18)10-14/h4,7-8,10-13,18H,5-6,9H2,1-3H3. The third-order valence-electron chi connectivity index (χ3n) is 4.40. The largest absolute Gasteiger partial charge is 0.508 e. The van der Waals surface area contributed by atoms with Gasteiger partial charge in [-0.25, -0.2) is 0 Å². The molecular weight excluding hydrogens is 238 g/mol. The van der Waals surface area contributed by atoms with E-state index in [-0.39, 0.29) is 17.6 Å². The van der Waals surface area contributed by atoms with Gasteiger partial charge in [0.25, 0.3) is 0 Å². The van der Waals surface area contributed by atoms with Gasteiger partial charge in [0, 0.05) is 12.6 Å². The number of carbonyl (C=O) groups excluding carboxylic acids is 1. The van der Waals surface area contributed by atoms with Crippen molar-refractivity contribution >= 4 is 5.91 Å². The zero-order valence-electron chi connectivity index (χ0n) is 12.0. The van der Waals surface area contributed by atoms with Gasteiger partial charge < -0.3 is 10.0 Å². The van der Waals surface area contributed by atoms with E-state index < -0.39 is 0 Å². The number of phenols is 1. The molecule has 3 nitrogen and oxygen atoms in total. The lowest BCUT2D eigenvalue weighted by molar-refractivity contribution is -0.137. The van der Waals surface area contributed by atoms with Crippen molar-refractivity contribution in [1.82, 2.24) is 4.90 Å². The molecule has 0 aliphatic carbocycles. The minimum absolute atomic E-state index is 0.171. The summed E-state index contributed by atoms with van der Waals surface area (Å²) in [7, 11) is 0. The molecule has 1 amide bonds. The van der Waals surface area contributed by atoms with E-state index in [1.54, 1.807) is 18.2 Å². The molecule has 19 heavy (non-hydrogen) atoms. The summed E-state index contributed by atoms with van der Waals surface area (Å²) in [6, 6.07) is 7.31. The van der Waals surface area contributed by atoms with E-state index in [1.165, 1.54) is 6.42 Å². The second-order valence-electron chi connectivity index (χ2n) is 5.71. The highest BCUT2D eigenvalue weighted by Crippen LogP contribution is 2.28. The normalized spacial score (nSPS) is 25.1. The predicted octanol–water partition coefficient (Wildman–Crippen LogP) is 3.14. The number of hydrogen-bond acceptors (Lipinski definition) is 2. The monoisotopic (exact) mass is 261 g/mol. The Hall–Kier alpha value is -1.51. The first-order chi connectivity index (χ1) is 9.00. The van der Waals surface area contributed by atoms with Gasteiger partial charge in [-0.15, -0.1) is 0 Å². The first-order valence-electron chi connectivity index (χ1n) is 7.10. The highest BCUT2D eigenvalue weighted by Gasteiger charge is 2.31. The molecule has 0 spiro atoms. The maximum Gasteiger partial charge on any atom is 0.230 e. The molecule has 0 radical (unpaired) electrons. The average molecular weight is 261 g/mol. The number of hydrogen-bond donors (Lipinski definition) is 1. The van der Waals surface area contributed by atoms with Crippen molar-refractivity contribution in [2.45, 2.75) is 45.6 Å². The van der Waals surface area contributed by atoms with Crippen LogP contribution in [0.5, 0.6) is 5.75 Å². The quantitative estimate of drug-likeness (QED) is 0.888. The highest BCUT2D eigenvalue weighted by atomic mass is 16.3. The fourth-order valence-electron chi connectivity index (χ4n) is 2.83. The molecule has 104 valence electrons. The Labute approximate surface area is 115 Å². The third-order valence-corrected chi connectivity index (χ3v) is 4.40. The van der Waals surface area contributed by atoms with Gasteiger partial charge in [-0.3, -0.25) is 4.79 Å². The first kappa shape index (κ1) is 13.9. The molecule has 1 aliphatic rings. The molecular formula is C16H23NO2. The van der Waals surface area contributed by atoms with Crippen LogP contribution >= 0.6 is 0 Å². The SMILES string of the molecule is CC(C(=O)N1CCCC(C)C1C)c1cccc(O)c1. The molecule has 0 aromatic heterocycles. The van der Waals surface area contributed by atoms with Gasteiger partial charge in [-0.2, -0.15) is 0 Å². The Morgan fingerprint density at radius 3 is 2.84 bits per heavy atom. The minimum Gasteiger partial charge on any atom is -0.508 e. The molecule has 1 fully saturated rings. The topological polar surface area (TPSA) is 40.5 Å². The van der Waals surface area contributed by atoms with E-state index in [4.69, 9.17) is 0 Å². The smallest absolute Gasteiger partial charge is 0.230 e. The minimum atomic E-state index is -0.195. The van der Waals surface area contributed by atoms with Crippen molar-refractivity contribution in [2.75, 3.05) is 6.54 Å². The van der Waals surface area contributed by atoms with E-state index in [0.29, 0.717) is 12.0 Å². The van der Waals surface area contributed by atoms with Crippen LogP contribution in [0.15, 0.2) is 24.3 Å². The number of benzene rings is 1. The van der Waals surface area contributed by atoms with Gasteiger partial charge in [-0.1, -0.05) is 19.1 Å². The van der Waals surface area contributed by atoms with Crippen LogP contribution in [0, 0.1) is 5.92 Å². The summed E-state index contributed by atoms with van der Waals surface area (Å²) in [5.74, 6) is 0.760. The Balaban J connectivity index is 2.14. The van der Waals surface area contributed by atoms with Crippen LogP contribution in [-0.4, -0.2) is 28.5 Å². The fourth-order valence-corrected chi connectivity index (χ4v) is 2.83. The van der Waals surface area contributed by atoms with Gasteiger partial charge in [0.15, 0.2) is 0 Å². The second-order valence-corrected chi connectivity index (χ2v) is 5.71. The number of phenolic OH excluding ortho intramolecular Hbond substituents is 1. The van der Waals surface area contributed by atoms with Crippen molar-refractivity contribution in [3.63, 3.8) is 0 Å². The molecule has 1 aromatic rings. The fraction of sp³-hybridized carbons (Fsp3) is 0.562. The van der Waals surface area contributed by atoms with E-state index in [0.717, 1.165) is 18.5 Å². The van der Waals surface area contributed by atoms with E-state index in [9.17, 15) is 9.90 Å². The summed E-state index contributed by atoms with van der Waals surface area (Å²) in [6.07, 6.45) is 2.29. The molecule has 1 aliphatic heterocycles. The number of rotatable bonds is 2. The number of carbonyl (C=O) groups is 1. The Morgan fingerprint density at radius 1 is 1.42 bits per heavy atom. The van der Waals surface area contributed by atoms with Crippen LogP contribution in [0.1, 0.15) is 45.1 Å². The number of nitrogens with zero attached hydrogens (tertiary/aromatic N) is 1. The van der Waals surface area contributed by atoms with Crippen LogP contribution in [-0.2, 0) is 4.79 Å². The molecule has 1 N–H and O–H groups in total. The van der Waals surface area contributed by atoms with Gasteiger partial charge in [0.1, 0.15) is 5.75 Å². The molecule has 1 heterocycles. The van der Waals surface area contributed by atoms with Crippen LogP contribution in [0.25, 0.3) is 0 Å². The van der Waals surface area contributed by atoms with Crippen molar-refractivity contribution in [3.05, 3.63) is 29.8 Å². The number of aromatic hydroxyl groups is 1. The maximum atomic E-state index is 12.6. The van der Waals surface area contributed by atoms with Crippen molar-refractivity contribution in [3.8, 4) is 5.75 Å². The number of amides is 1. The first-order valence-corrected chi connectivity index (χ1v) is 7.10. The van der Waals surface area contributed by atoms with Gasteiger partial charge in [-0.05, 0) is 50.3 Å². The Bertz CT molecular complexity index is 458. The molecule has 1 aromatic carbocycles. The van der Waals surface area contributed by atoms with Gasteiger partial charge in [0.05, 0.1) is 5.92 Å². The van der Waals surface area contributed by atoms with Crippen LogP contribution in [0.3, 0.4) is 0 Å². The molecule has 2 rings (SSSR count). The van der Waals surface area contributed by atoms with E-state index >= 15 is 0 Å².